The van der Waals surface area contributed by atoms with Crippen molar-refractivity contribution >= 4 is 28.3 Å². The molecule has 10 heavy (non-hydrogen) atoms. The molecule has 0 radical (unpaired) electrons. The van der Waals surface area contributed by atoms with E-state index in [-0.39, 0.29) is 0 Å². The fourth-order valence-electron chi connectivity index (χ4n) is 1.16. The summed E-state index contributed by atoms with van der Waals surface area (Å²) >= 11 is 7.00. The topological polar surface area (TPSA) is 3.24 Å². The van der Waals surface area contributed by atoms with E-state index < -0.39 is 0 Å². The Morgan fingerprint density at radius 2 is 2.20 bits per heavy atom. The molecule has 0 saturated carbocycles. The van der Waals surface area contributed by atoms with E-state index in [2.05, 4.69) is 25.7 Å². The van der Waals surface area contributed by atoms with Crippen molar-refractivity contribution in [2.45, 2.75) is 32.1 Å². The van der Waals surface area contributed by atoms with Gasteiger partial charge in [-0.2, -0.15) is 0 Å². The van der Waals surface area contributed by atoms with E-state index in [1.54, 1.807) is 0 Å². The lowest BCUT2D eigenvalue weighted by Crippen LogP contribution is -2.32. The molecule has 2 atom stereocenters. The molecule has 0 bridgehead atoms. The van der Waals surface area contributed by atoms with Crippen LogP contribution in [0.5, 0.6) is 0 Å². The summed E-state index contributed by atoms with van der Waals surface area (Å²) in [5, 5.41) is 0.674. The molecule has 0 aromatic heterocycles. The molecule has 1 aliphatic rings. The zero-order valence-corrected chi connectivity index (χ0v) is 8.26. The lowest BCUT2D eigenvalue weighted by Gasteiger charge is -2.21. The van der Waals surface area contributed by atoms with E-state index in [0.717, 1.165) is 10.9 Å². The smallest absolute Gasteiger partial charge is 0.136 e. The zero-order chi connectivity index (χ0) is 7.72. The minimum absolute atomic E-state index is 0.627. The summed E-state index contributed by atoms with van der Waals surface area (Å²) in [5.74, 6) is 0. The number of hydrogen-bond acceptors (Lipinski definition) is 2. The first-order chi connectivity index (χ1) is 4.66. The van der Waals surface area contributed by atoms with Crippen molar-refractivity contribution in [2.75, 3.05) is 6.54 Å². The molecule has 0 amide bonds. The fourth-order valence-corrected chi connectivity index (χ4v) is 3.01. The molecule has 1 aliphatic heterocycles. The lowest BCUT2D eigenvalue weighted by molar-refractivity contribution is 0.367. The van der Waals surface area contributed by atoms with Crippen molar-refractivity contribution < 1.29 is 0 Å². The highest BCUT2D eigenvalue weighted by molar-refractivity contribution is 8.23. The number of rotatable bonds is 1. The summed E-state index contributed by atoms with van der Waals surface area (Å²) in [6, 6.07) is 0.627. The summed E-state index contributed by atoms with van der Waals surface area (Å²) in [5.41, 5.74) is 0. The number of thiocarbonyl (C=S) groups is 1. The molecule has 1 saturated heterocycles. The quantitative estimate of drug-likeness (QED) is 0.562. The predicted octanol–water partition coefficient (Wildman–Crippen LogP) is 2.12. The average molecular weight is 175 g/mol. The number of thioether (sulfide) groups is 1. The monoisotopic (exact) mass is 175 g/mol. The maximum atomic E-state index is 5.18. The van der Waals surface area contributed by atoms with Gasteiger partial charge in [0.15, 0.2) is 0 Å². The van der Waals surface area contributed by atoms with Gasteiger partial charge >= 0.3 is 0 Å². The molecule has 0 aromatic rings. The van der Waals surface area contributed by atoms with Crippen LogP contribution in [0.25, 0.3) is 0 Å². The van der Waals surface area contributed by atoms with E-state index in [1.165, 1.54) is 0 Å². The molecule has 1 heterocycles. The molecule has 0 aliphatic carbocycles. The fraction of sp³-hybridized carbons (Fsp3) is 0.857. The Morgan fingerprint density at radius 1 is 1.60 bits per heavy atom. The third-order valence-electron chi connectivity index (χ3n) is 2.03. The Labute approximate surface area is 72.2 Å². The standard InChI is InChI=1S/C7H13NS2/c1-4-8-5(2)6(3)10-7(8)9/h5-6H,4H2,1-3H3. The van der Waals surface area contributed by atoms with Crippen LogP contribution in [0, 0.1) is 0 Å². The molecular weight excluding hydrogens is 162 g/mol. The molecular formula is C7H13NS2. The second kappa shape index (κ2) is 3.09. The second-order valence-electron chi connectivity index (χ2n) is 2.62. The van der Waals surface area contributed by atoms with Gasteiger partial charge in [-0.15, -0.1) is 0 Å². The van der Waals surface area contributed by atoms with Crippen molar-refractivity contribution in [3.05, 3.63) is 0 Å². The predicted molar refractivity (Wildman–Crippen MR) is 51.5 cm³/mol. The van der Waals surface area contributed by atoms with Gasteiger partial charge in [0.1, 0.15) is 4.32 Å². The first-order valence-electron chi connectivity index (χ1n) is 3.64. The first kappa shape index (κ1) is 8.34. The molecule has 0 N–H and O–H groups in total. The Hall–Kier alpha value is 0.240. The van der Waals surface area contributed by atoms with Crippen LogP contribution in [0.1, 0.15) is 20.8 Å². The first-order valence-corrected chi connectivity index (χ1v) is 4.93. The summed E-state index contributed by atoms with van der Waals surface area (Å²) in [7, 11) is 0. The zero-order valence-electron chi connectivity index (χ0n) is 6.63. The SMILES string of the molecule is CCN1C(=S)SC(C)C1C. The van der Waals surface area contributed by atoms with Crippen molar-refractivity contribution in [1.29, 1.82) is 0 Å². The van der Waals surface area contributed by atoms with Crippen LogP contribution < -0.4 is 0 Å². The molecule has 3 heteroatoms. The van der Waals surface area contributed by atoms with Gasteiger partial charge in [-0.25, -0.2) is 0 Å². The van der Waals surface area contributed by atoms with Crippen molar-refractivity contribution in [3.63, 3.8) is 0 Å². The highest BCUT2D eigenvalue weighted by atomic mass is 32.2. The van der Waals surface area contributed by atoms with Gasteiger partial charge in [-0.05, 0) is 13.8 Å². The third-order valence-corrected chi connectivity index (χ3v) is 3.76. The lowest BCUT2D eigenvalue weighted by atomic mass is 10.2. The van der Waals surface area contributed by atoms with Crippen LogP contribution in [0.2, 0.25) is 0 Å². The van der Waals surface area contributed by atoms with Crippen LogP contribution in [-0.2, 0) is 0 Å². The molecule has 1 nitrogen and oxygen atoms in total. The minimum Gasteiger partial charge on any atom is -0.354 e. The van der Waals surface area contributed by atoms with Gasteiger partial charge in [0.05, 0.1) is 0 Å². The summed E-state index contributed by atoms with van der Waals surface area (Å²) in [6.07, 6.45) is 0. The Balaban J connectivity index is 2.64. The van der Waals surface area contributed by atoms with Gasteiger partial charge in [0, 0.05) is 17.8 Å². The maximum absolute atomic E-state index is 5.18. The number of hydrogen-bond donors (Lipinski definition) is 0. The van der Waals surface area contributed by atoms with Gasteiger partial charge in [0.25, 0.3) is 0 Å². The second-order valence-corrected chi connectivity index (χ2v) is 4.63. The molecule has 1 fully saturated rings. The summed E-state index contributed by atoms with van der Waals surface area (Å²) in [6.45, 7) is 7.68. The Bertz CT molecular complexity index is 147. The number of nitrogens with zero attached hydrogens (tertiary/aromatic N) is 1. The van der Waals surface area contributed by atoms with Crippen molar-refractivity contribution in [3.8, 4) is 0 Å². The van der Waals surface area contributed by atoms with Crippen molar-refractivity contribution in [1.82, 2.24) is 4.90 Å². The van der Waals surface area contributed by atoms with Gasteiger partial charge < -0.3 is 4.90 Å². The van der Waals surface area contributed by atoms with Crippen LogP contribution in [0.3, 0.4) is 0 Å². The van der Waals surface area contributed by atoms with E-state index in [0.29, 0.717) is 11.3 Å². The third kappa shape index (κ3) is 1.30. The Morgan fingerprint density at radius 3 is 2.40 bits per heavy atom. The molecule has 2 unspecified atom stereocenters. The van der Waals surface area contributed by atoms with Crippen molar-refractivity contribution in [2.24, 2.45) is 0 Å². The van der Waals surface area contributed by atoms with E-state index in [9.17, 15) is 0 Å². The maximum Gasteiger partial charge on any atom is 0.136 e. The highest BCUT2D eigenvalue weighted by Crippen LogP contribution is 2.30. The van der Waals surface area contributed by atoms with E-state index in [1.807, 2.05) is 11.8 Å². The van der Waals surface area contributed by atoms with Crippen LogP contribution in [0.4, 0.5) is 0 Å². The van der Waals surface area contributed by atoms with Crippen LogP contribution in [-0.4, -0.2) is 27.1 Å². The highest BCUT2D eigenvalue weighted by Gasteiger charge is 2.30. The largest absolute Gasteiger partial charge is 0.354 e. The van der Waals surface area contributed by atoms with Gasteiger partial charge in [-0.3, -0.25) is 0 Å². The van der Waals surface area contributed by atoms with Crippen LogP contribution >= 0.6 is 24.0 Å². The normalized spacial score (nSPS) is 33.5. The molecule has 0 spiro atoms. The molecule has 1 rings (SSSR count). The Kier molecular flexibility index (Phi) is 2.58. The van der Waals surface area contributed by atoms with Crippen LogP contribution in [0.15, 0.2) is 0 Å². The van der Waals surface area contributed by atoms with Gasteiger partial charge in [-0.1, -0.05) is 30.9 Å². The van der Waals surface area contributed by atoms with E-state index >= 15 is 0 Å². The van der Waals surface area contributed by atoms with E-state index in [4.69, 9.17) is 12.2 Å². The molecule has 0 aromatic carbocycles. The summed E-state index contributed by atoms with van der Waals surface area (Å²) in [4.78, 5) is 2.28. The van der Waals surface area contributed by atoms with Gasteiger partial charge in [0.2, 0.25) is 0 Å². The average Bonchev–Trinajstić information content (AvgIpc) is 2.09. The molecule has 58 valence electrons. The minimum atomic E-state index is 0.627. The summed E-state index contributed by atoms with van der Waals surface area (Å²) < 4.78 is 1.07.